The van der Waals surface area contributed by atoms with Gasteiger partial charge in [-0.05, 0) is 12.1 Å². The van der Waals surface area contributed by atoms with E-state index in [9.17, 15) is 9.59 Å². The highest BCUT2D eigenvalue weighted by atomic mass is 16.2. The number of hydrogen-bond donors (Lipinski definition) is 3. The number of nitrogens with one attached hydrogen (secondary N) is 1. The fraction of sp³-hybridized carbons (Fsp3) is 0.125. The molecule has 0 unspecified atom stereocenters. The summed E-state index contributed by atoms with van der Waals surface area (Å²) >= 11 is 0. The largest absolute Gasteiger partial charge is 0.397 e. The molecule has 6 nitrogen and oxygen atoms in total. The van der Waals surface area contributed by atoms with Crippen molar-refractivity contribution in [3.8, 4) is 0 Å². The lowest BCUT2D eigenvalue weighted by Gasteiger charge is -2.04. The van der Waals surface area contributed by atoms with E-state index in [1.165, 1.54) is 19.1 Å². The summed E-state index contributed by atoms with van der Waals surface area (Å²) in [6, 6.07) is 2.95. The third kappa shape index (κ3) is 2.19. The minimum atomic E-state index is -0.727. The van der Waals surface area contributed by atoms with E-state index in [1.54, 1.807) is 0 Å². The maximum absolute atomic E-state index is 10.8. The molecular weight excluding hydrogens is 184 g/mol. The molecule has 1 aromatic heterocycles. The number of nitrogen functional groups attached to an aromatic ring is 1. The number of anilines is 2. The van der Waals surface area contributed by atoms with Crippen molar-refractivity contribution < 1.29 is 9.59 Å². The topological polar surface area (TPSA) is 111 Å². The molecule has 0 saturated heterocycles. The molecule has 74 valence electrons. The molecule has 1 rings (SSSR count). The Morgan fingerprint density at radius 2 is 2.07 bits per heavy atom. The molecule has 0 atom stereocenters. The number of primary amides is 1. The second kappa shape index (κ2) is 3.73. The first kappa shape index (κ1) is 9.97. The standard InChI is InChI=1S/C8H10N4O2/c1-4(13)11-6-3-2-5(9)7(12-6)8(10)14/h2-3H,9H2,1H3,(H2,10,14)(H,11,12,13). The number of nitrogens with two attached hydrogens (primary N) is 2. The van der Waals surface area contributed by atoms with Crippen LogP contribution < -0.4 is 16.8 Å². The van der Waals surface area contributed by atoms with Gasteiger partial charge in [-0.2, -0.15) is 0 Å². The maximum Gasteiger partial charge on any atom is 0.269 e. The minimum Gasteiger partial charge on any atom is -0.397 e. The number of pyridine rings is 1. The van der Waals surface area contributed by atoms with Crippen LogP contribution in [0.4, 0.5) is 11.5 Å². The summed E-state index contributed by atoms with van der Waals surface area (Å²) in [5.41, 5.74) is 10.6. The number of nitrogens with zero attached hydrogens (tertiary/aromatic N) is 1. The fourth-order valence-electron chi connectivity index (χ4n) is 0.917. The molecule has 2 amide bonds. The maximum atomic E-state index is 10.8. The predicted molar refractivity (Wildman–Crippen MR) is 51.5 cm³/mol. The molecular formula is C8H10N4O2. The molecule has 0 aliphatic heterocycles. The van der Waals surface area contributed by atoms with Crippen LogP contribution in [0.15, 0.2) is 12.1 Å². The van der Waals surface area contributed by atoms with Gasteiger partial charge >= 0.3 is 0 Å². The molecule has 5 N–H and O–H groups in total. The van der Waals surface area contributed by atoms with Gasteiger partial charge in [-0.3, -0.25) is 9.59 Å². The van der Waals surface area contributed by atoms with Gasteiger partial charge in [0.25, 0.3) is 5.91 Å². The smallest absolute Gasteiger partial charge is 0.269 e. The van der Waals surface area contributed by atoms with E-state index < -0.39 is 5.91 Å². The van der Waals surface area contributed by atoms with E-state index in [4.69, 9.17) is 11.5 Å². The molecule has 0 aromatic carbocycles. The molecule has 14 heavy (non-hydrogen) atoms. The van der Waals surface area contributed by atoms with Crippen LogP contribution >= 0.6 is 0 Å². The van der Waals surface area contributed by atoms with Gasteiger partial charge in [-0.15, -0.1) is 0 Å². The third-order valence-corrected chi connectivity index (χ3v) is 1.46. The lowest BCUT2D eigenvalue weighted by Crippen LogP contribution is -2.17. The summed E-state index contributed by atoms with van der Waals surface area (Å²) in [6.07, 6.45) is 0. The lowest BCUT2D eigenvalue weighted by molar-refractivity contribution is -0.114. The zero-order valence-corrected chi connectivity index (χ0v) is 7.57. The first-order valence-corrected chi connectivity index (χ1v) is 3.84. The van der Waals surface area contributed by atoms with Crippen LogP contribution in [0.25, 0.3) is 0 Å². The molecule has 1 heterocycles. The lowest BCUT2D eigenvalue weighted by atomic mass is 10.3. The summed E-state index contributed by atoms with van der Waals surface area (Å²) in [7, 11) is 0. The van der Waals surface area contributed by atoms with Crippen LogP contribution in [0.2, 0.25) is 0 Å². The van der Waals surface area contributed by atoms with E-state index in [0.717, 1.165) is 0 Å². The first-order chi connectivity index (χ1) is 6.50. The second-order valence-corrected chi connectivity index (χ2v) is 2.68. The highest BCUT2D eigenvalue weighted by Gasteiger charge is 2.08. The highest BCUT2D eigenvalue weighted by Crippen LogP contribution is 2.12. The van der Waals surface area contributed by atoms with Gasteiger partial charge in [0.2, 0.25) is 5.91 Å². The average Bonchev–Trinajstić information content (AvgIpc) is 2.07. The summed E-state index contributed by atoms with van der Waals surface area (Å²) in [6.45, 7) is 1.34. The summed E-state index contributed by atoms with van der Waals surface area (Å²) in [5, 5.41) is 2.41. The van der Waals surface area contributed by atoms with Crippen molar-refractivity contribution in [3.63, 3.8) is 0 Å². The van der Waals surface area contributed by atoms with Crippen molar-refractivity contribution >= 4 is 23.3 Å². The first-order valence-electron chi connectivity index (χ1n) is 3.84. The molecule has 0 radical (unpaired) electrons. The Morgan fingerprint density at radius 1 is 1.43 bits per heavy atom. The normalized spacial score (nSPS) is 9.50. The van der Waals surface area contributed by atoms with Crippen LogP contribution in [0.5, 0.6) is 0 Å². The molecule has 0 saturated carbocycles. The van der Waals surface area contributed by atoms with Crippen LogP contribution in [-0.2, 0) is 4.79 Å². The molecule has 0 fully saturated rings. The van der Waals surface area contributed by atoms with Crippen molar-refractivity contribution in [3.05, 3.63) is 17.8 Å². The van der Waals surface area contributed by atoms with Gasteiger partial charge in [0.15, 0.2) is 5.69 Å². The number of carbonyl (C=O) groups is 2. The van der Waals surface area contributed by atoms with Crippen molar-refractivity contribution in [2.45, 2.75) is 6.92 Å². The fourth-order valence-corrected chi connectivity index (χ4v) is 0.917. The number of rotatable bonds is 2. The quantitative estimate of drug-likeness (QED) is 0.601. The van der Waals surface area contributed by atoms with Gasteiger partial charge in [0, 0.05) is 6.92 Å². The van der Waals surface area contributed by atoms with Crippen LogP contribution in [0.1, 0.15) is 17.4 Å². The van der Waals surface area contributed by atoms with Gasteiger partial charge in [-0.1, -0.05) is 0 Å². The Morgan fingerprint density at radius 3 is 2.57 bits per heavy atom. The summed E-state index contributed by atoms with van der Waals surface area (Å²) < 4.78 is 0. The number of carbonyl (C=O) groups excluding carboxylic acids is 2. The number of amides is 2. The van der Waals surface area contributed by atoms with Crippen LogP contribution in [0.3, 0.4) is 0 Å². The Kier molecular flexibility index (Phi) is 2.66. The molecule has 6 heteroatoms. The van der Waals surface area contributed by atoms with Crippen molar-refractivity contribution in [1.82, 2.24) is 4.98 Å². The van der Waals surface area contributed by atoms with E-state index in [0.29, 0.717) is 0 Å². The number of hydrogen-bond acceptors (Lipinski definition) is 4. The van der Waals surface area contributed by atoms with E-state index >= 15 is 0 Å². The predicted octanol–water partition coefficient (Wildman–Crippen LogP) is -0.279. The SMILES string of the molecule is CC(=O)Nc1ccc(N)c(C(N)=O)n1. The monoisotopic (exact) mass is 194 g/mol. The Labute approximate surface area is 80.3 Å². The molecule has 1 aromatic rings. The van der Waals surface area contributed by atoms with E-state index in [1.807, 2.05) is 0 Å². The summed E-state index contributed by atoms with van der Waals surface area (Å²) in [5.74, 6) is -0.757. The highest BCUT2D eigenvalue weighted by molar-refractivity contribution is 5.97. The van der Waals surface area contributed by atoms with Crippen molar-refractivity contribution in [2.24, 2.45) is 5.73 Å². The van der Waals surface area contributed by atoms with Crippen LogP contribution in [-0.4, -0.2) is 16.8 Å². The Bertz CT molecular complexity index is 389. The Hall–Kier alpha value is -2.11. The molecule has 0 bridgehead atoms. The van der Waals surface area contributed by atoms with Gasteiger partial charge in [-0.25, -0.2) is 4.98 Å². The third-order valence-electron chi connectivity index (χ3n) is 1.46. The zero-order valence-electron chi connectivity index (χ0n) is 7.57. The molecule has 0 aliphatic rings. The molecule has 0 aliphatic carbocycles. The zero-order chi connectivity index (χ0) is 10.7. The van der Waals surface area contributed by atoms with Crippen molar-refractivity contribution in [1.29, 1.82) is 0 Å². The van der Waals surface area contributed by atoms with Gasteiger partial charge < -0.3 is 16.8 Å². The molecule has 0 spiro atoms. The average molecular weight is 194 g/mol. The van der Waals surface area contributed by atoms with Gasteiger partial charge in [0.1, 0.15) is 5.82 Å². The minimum absolute atomic E-state index is 0.0451. The van der Waals surface area contributed by atoms with E-state index in [-0.39, 0.29) is 23.1 Å². The summed E-state index contributed by atoms with van der Waals surface area (Å²) in [4.78, 5) is 25.3. The number of aromatic nitrogens is 1. The Balaban J connectivity index is 3.06. The van der Waals surface area contributed by atoms with Gasteiger partial charge in [0.05, 0.1) is 5.69 Å². The van der Waals surface area contributed by atoms with Crippen LogP contribution in [0, 0.1) is 0 Å². The van der Waals surface area contributed by atoms with E-state index in [2.05, 4.69) is 10.3 Å². The van der Waals surface area contributed by atoms with Crippen molar-refractivity contribution in [2.75, 3.05) is 11.1 Å². The second-order valence-electron chi connectivity index (χ2n) is 2.68.